The van der Waals surface area contributed by atoms with Gasteiger partial charge in [0, 0.05) is 18.8 Å². The van der Waals surface area contributed by atoms with Crippen LogP contribution in [0, 0.1) is 12.7 Å². The number of benzene rings is 1. The smallest absolute Gasteiger partial charge is 0.123 e. The van der Waals surface area contributed by atoms with Crippen molar-refractivity contribution in [3.63, 3.8) is 0 Å². The van der Waals surface area contributed by atoms with E-state index in [1.807, 2.05) is 13.0 Å². The number of anilines is 1. The second-order valence-electron chi connectivity index (χ2n) is 3.53. The van der Waals surface area contributed by atoms with E-state index in [0.29, 0.717) is 0 Å². The van der Waals surface area contributed by atoms with Crippen LogP contribution >= 0.6 is 0 Å². The molecule has 0 N–H and O–H groups in total. The summed E-state index contributed by atoms with van der Waals surface area (Å²) in [6, 6.07) is 4.93. The molecule has 0 aliphatic carbocycles. The van der Waals surface area contributed by atoms with Crippen LogP contribution in [0.3, 0.4) is 0 Å². The molecule has 0 atom stereocenters. The van der Waals surface area contributed by atoms with Crippen molar-refractivity contribution >= 4 is 5.69 Å². The first-order chi connectivity index (χ1) is 6.77. The number of nitrogens with zero attached hydrogens (tertiary/aromatic N) is 1. The number of hydrogen-bond acceptors (Lipinski definition) is 2. The highest BCUT2D eigenvalue weighted by atomic mass is 19.1. The molecule has 1 fully saturated rings. The van der Waals surface area contributed by atoms with Crippen molar-refractivity contribution in [2.24, 2.45) is 0 Å². The number of aryl methyl sites for hydroxylation is 1. The molecule has 76 valence electrons. The molecule has 1 aromatic carbocycles. The number of morpholine rings is 1. The van der Waals surface area contributed by atoms with Crippen LogP contribution in [0.4, 0.5) is 10.1 Å². The van der Waals surface area contributed by atoms with Crippen LogP contribution < -0.4 is 4.90 Å². The summed E-state index contributed by atoms with van der Waals surface area (Å²) in [5.41, 5.74) is 2.11. The predicted octanol–water partition coefficient (Wildman–Crippen LogP) is 1.97. The average Bonchev–Trinajstić information content (AvgIpc) is 2.19. The van der Waals surface area contributed by atoms with Crippen molar-refractivity contribution in [2.45, 2.75) is 6.92 Å². The first-order valence-corrected chi connectivity index (χ1v) is 4.86. The minimum Gasteiger partial charge on any atom is -0.378 e. The first-order valence-electron chi connectivity index (χ1n) is 4.86. The Kier molecular flexibility index (Phi) is 2.68. The molecule has 1 saturated heterocycles. The van der Waals surface area contributed by atoms with Gasteiger partial charge in [0.25, 0.3) is 0 Å². The van der Waals surface area contributed by atoms with E-state index in [-0.39, 0.29) is 5.82 Å². The molecular formula is C11H14FNO. The molecule has 1 aliphatic rings. The normalized spacial score (nSPS) is 17.1. The minimum absolute atomic E-state index is 0.167. The highest BCUT2D eigenvalue weighted by Crippen LogP contribution is 2.21. The van der Waals surface area contributed by atoms with Crippen molar-refractivity contribution in [1.29, 1.82) is 0 Å². The van der Waals surface area contributed by atoms with E-state index in [0.717, 1.165) is 37.6 Å². The van der Waals surface area contributed by atoms with Gasteiger partial charge < -0.3 is 9.64 Å². The highest BCUT2D eigenvalue weighted by molar-refractivity contribution is 5.53. The maximum atomic E-state index is 12.9. The van der Waals surface area contributed by atoms with Gasteiger partial charge in [0.05, 0.1) is 13.2 Å². The number of hydrogen-bond donors (Lipinski definition) is 0. The summed E-state index contributed by atoms with van der Waals surface area (Å²) in [6.07, 6.45) is 0. The fourth-order valence-electron chi connectivity index (χ4n) is 1.78. The van der Waals surface area contributed by atoms with Gasteiger partial charge >= 0.3 is 0 Å². The maximum absolute atomic E-state index is 12.9. The van der Waals surface area contributed by atoms with Gasteiger partial charge in [-0.3, -0.25) is 0 Å². The Bertz CT molecular complexity index is 321. The van der Waals surface area contributed by atoms with E-state index in [2.05, 4.69) is 4.90 Å². The van der Waals surface area contributed by atoms with Gasteiger partial charge in [-0.05, 0) is 30.7 Å². The van der Waals surface area contributed by atoms with Gasteiger partial charge in [-0.1, -0.05) is 0 Å². The third kappa shape index (κ3) is 1.87. The average molecular weight is 195 g/mol. The lowest BCUT2D eigenvalue weighted by molar-refractivity contribution is 0.122. The molecule has 3 heteroatoms. The van der Waals surface area contributed by atoms with E-state index in [4.69, 9.17) is 4.74 Å². The second kappa shape index (κ2) is 3.96. The van der Waals surface area contributed by atoms with Crippen LogP contribution in [-0.2, 0) is 4.74 Å². The molecule has 1 aliphatic heterocycles. The van der Waals surface area contributed by atoms with Crippen molar-refractivity contribution in [2.75, 3.05) is 31.2 Å². The standard InChI is InChI=1S/C11H14FNO/c1-9-8-10(12)2-3-11(9)13-4-6-14-7-5-13/h2-3,8H,4-7H2,1H3. The number of rotatable bonds is 1. The zero-order valence-electron chi connectivity index (χ0n) is 8.29. The predicted molar refractivity (Wildman–Crippen MR) is 54.2 cm³/mol. The van der Waals surface area contributed by atoms with Crippen LogP contribution in [0.5, 0.6) is 0 Å². The van der Waals surface area contributed by atoms with Crippen molar-refractivity contribution in [3.05, 3.63) is 29.6 Å². The number of halogens is 1. The first kappa shape index (κ1) is 9.46. The van der Waals surface area contributed by atoms with Crippen molar-refractivity contribution < 1.29 is 9.13 Å². The summed E-state index contributed by atoms with van der Waals surface area (Å²) in [4.78, 5) is 2.23. The Morgan fingerprint density at radius 3 is 2.64 bits per heavy atom. The summed E-state index contributed by atoms with van der Waals surface area (Å²) < 4.78 is 18.1. The largest absolute Gasteiger partial charge is 0.378 e. The van der Waals surface area contributed by atoms with Gasteiger partial charge in [-0.15, -0.1) is 0 Å². The molecule has 14 heavy (non-hydrogen) atoms. The van der Waals surface area contributed by atoms with Gasteiger partial charge in [0.2, 0.25) is 0 Å². The molecule has 0 aromatic heterocycles. The van der Waals surface area contributed by atoms with Crippen LogP contribution in [0.2, 0.25) is 0 Å². The van der Waals surface area contributed by atoms with E-state index in [1.54, 1.807) is 6.07 Å². The Morgan fingerprint density at radius 1 is 1.29 bits per heavy atom. The van der Waals surface area contributed by atoms with Crippen LogP contribution in [0.1, 0.15) is 5.56 Å². The Morgan fingerprint density at radius 2 is 2.00 bits per heavy atom. The highest BCUT2D eigenvalue weighted by Gasteiger charge is 2.12. The molecule has 1 heterocycles. The SMILES string of the molecule is Cc1cc(F)ccc1N1CCOCC1. The molecule has 0 radical (unpaired) electrons. The Hall–Kier alpha value is -1.09. The second-order valence-corrected chi connectivity index (χ2v) is 3.53. The third-order valence-electron chi connectivity index (χ3n) is 2.51. The molecule has 2 nitrogen and oxygen atoms in total. The Balaban J connectivity index is 2.22. The summed E-state index contributed by atoms with van der Waals surface area (Å²) in [6.45, 7) is 5.25. The van der Waals surface area contributed by atoms with Gasteiger partial charge in [-0.2, -0.15) is 0 Å². The third-order valence-corrected chi connectivity index (χ3v) is 2.51. The minimum atomic E-state index is -0.167. The summed E-state index contributed by atoms with van der Waals surface area (Å²) in [5.74, 6) is -0.167. The van der Waals surface area contributed by atoms with Crippen LogP contribution in [0.15, 0.2) is 18.2 Å². The summed E-state index contributed by atoms with van der Waals surface area (Å²) in [5, 5.41) is 0. The topological polar surface area (TPSA) is 12.5 Å². The maximum Gasteiger partial charge on any atom is 0.123 e. The van der Waals surface area contributed by atoms with Crippen LogP contribution in [0.25, 0.3) is 0 Å². The lowest BCUT2D eigenvalue weighted by Crippen LogP contribution is -2.36. The summed E-state index contributed by atoms with van der Waals surface area (Å²) >= 11 is 0. The molecule has 1 aromatic rings. The van der Waals surface area contributed by atoms with Crippen LogP contribution in [-0.4, -0.2) is 26.3 Å². The summed E-state index contributed by atoms with van der Waals surface area (Å²) in [7, 11) is 0. The van der Waals surface area contributed by atoms with E-state index in [9.17, 15) is 4.39 Å². The Labute approximate surface area is 83.3 Å². The lowest BCUT2D eigenvalue weighted by Gasteiger charge is -2.30. The molecule has 2 rings (SSSR count). The molecular weight excluding hydrogens is 181 g/mol. The van der Waals surface area contributed by atoms with E-state index in [1.165, 1.54) is 6.07 Å². The van der Waals surface area contributed by atoms with Crippen molar-refractivity contribution in [1.82, 2.24) is 0 Å². The van der Waals surface area contributed by atoms with Crippen molar-refractivity contribution in [3.8, 4) is 0 Å². The van der Waals surface area contributed by atoms with E-state index >= 15 is 0 Å². The molecule has 0 unspecified atom stereocenters. The fourth-order valence-corrected chi connectivity index (χ4v) is 1.78. The quantitative estimate of drug-likeness (QED) is 0.679. The number of ether oxygens (including phenoxy) is 1. The molecule has 0 bridgehead atoms. The lowest BCUT2D eigenvalue weighted by atomic mass is 10.1. The monoisotopic (exact) mass is 195 g/mol. The molecule has 0 spiro atoms. The molecule has 0 saturated carbocycles. The zero-order chi connectivity index (χ0) is 9.97. The zero-order valence-corrected chi connectivity index (χ0v) is 8.29. The van der Waals surface area contributed by atoms with Gasteiger partial charge in [0.15, 0.2) is 0 Å². The van der Waals surface area contributed by atoms with Gasteiger partial charge in [0.1, 0.15) is 5.82 Å². The fraction of sp³-hybridized carbons (Fsp3) is 0.455. The molecule has 0 amide bonds. The van der Waals surface area contributed by atoms with E-state index < -0.39 is 0 Å². The van der Waals surface area contributed by atoms with Gasteiger partial charge in [-0.25, -0.2) is 4.39 Å².